The number of hydrogen-bond acceptors (Lipinski definition) is 5. The molecule has 1 amide bonds. The number of amides is 1. The maximum absolute atomic E-state index is 11.7. The van der Waals surface area contributed by atoms with E-state index in [1.807, 2.05) is 0 Å². The molecule has 7 nitrogen and oxygen atoms in total. The Morgan fingerprint density at radius 3 is 2.75 bits per heavy atom. The average molecular weight is 283 g/mol. The van der Waals surface area contributed by atoms with E-state index in [9.17, 15) is 9.59 Å². The number of methoxy groups -OCH3 is 2. The van der Waals surface area contributed by atoms with Crippen LogP contribution in [0.4, 0.5) is 0 Å². The molecule has 112 valence electrons. The predicted octanol–water partition coefficient (Wildman–Crippen LogP) is 0.0420. The summed E-state index contributed by atoms with van der Waals surface area (Å²) in [6.07, 6.45) is 0. The predicted molar refractivity (Wildman–Crippen MR) is 73.3 cm³/mol. The molecule has 20 heavy (non-hydrogen) atoms. The van der Waals surface area contributed by atoms with Crippen molar-refractivity contribution in [2.75, 3.05) is 27.4 Å². The van der Waals surface area contributed by atoms with Crippen LogP contribution < -0.4 is 10.6 Å². The third kappa shape index (κ3) is 5.02. The summed E-state index contributed by atoms with van der Waals surface area (Å²) in [6, 6.07) is 3.08. The molecule has 0 saturated carbocycles. The Hall–Kier alpha value is -1.86. The number of aromatic amines is 1. The van der Waals surface area contributed by atoms with Crippen LogP contribution in [0.3, 0.4) is 0 Å². The maximum atomic E-state index is 11.7. The Morgan fingerprint density at radius 1 is 1.35 bits per heavy atom. The number of nitrogens with one attached hydrogen (secondary N) is 3. The van der Waals surface area contributed by atoms with Gasteiger partial charge in [-0.2, -0.15) is 0 Å². The molecule has 0 aliphatic heterocycles. The van der Waals surface area contributed by atoms with Crippen molar-refractivity contribution >= 4 is 11.9 Å². The quantitative estimate of drug-likeness (QED) is 0.463. The van der Waals surface area contributed by atoms with E-state index in [4.69, 9.17) is 4.74 Å². The molecular formula is C13H21N3O4. The lowest BCUT2D eigenvalue weighted by molar-refractivity contribution is -0.123. The fraction of sp³-hybridized carbons (Fsp3) is 0.538. The monoisotopic (exact) mass is 283 g/mol. The molecule has 0 fully saturated rings. The lowest BCUT2D eigenvalue weighted by Gasteiger charge is -2.13. The van der Waals surface area contributed by atoms with E-state index in [-0.39, 0.29) is 11.9 Å². The summed E-state index contributed by atoms with van der Waals surface area (Å²) in [5.74, 6) is -0.511. The number of hydrogen-bond donors (Lipinski definition) is 3. The fourth-order valence-electron chi connectivity index (χ4n) is 1.56. The summed E-state index contributed by atoms with van der Waals surface area (Å²) in [7, 11) is 2.91. The molecule has 0 spiro atoms. The van der Waals surface area contributed by atoms with Crippen molar-refractivity contribution in [3.8, 4) is 0 Å². The van der Waals surface area contributed by atoms with E-state index in [0.717, 1.165) is 5.69 Å². The highest BCUT2D eigenvalue weighted by molar-refractivity contribution is 5.87. The van der Waals surface area contributed by atoms with Gasteiger partial charge in [0.1, 0.15) is 5.69 Å². The minimum Gasteiger partial charge on any atom is -0.464 e. The zero-order chi connectivity index (χ0) is 15.0. The van der Waals surface area contributed by atoms with Crippen molar-refractivity contribution in [1.82, 2.24) is 15.6 Å². The van der Waals surface area contributed by atoms with Gasteiger partial charge in [-0.05, 0) is 19.1 Å². The molecule has 1 aromatic rings. The first-order chi connectivity index (χ1) is 9.58. The van der Waals surface area contributed by atoms with Gasteiger partial charge in [-0.15, -0.1) is 0 Å². The van der Waals surface area contributed by atoms with Crippen molar-refractivity contribution in [3.05, 3.63) is 23.5 Å². The minimum atomic E-state index is -0.415. The van der Waals surface area contributed by atoms with Crippen LogP contribution in [0.25, 0.3) is 0 Å². The van der Waals surface area contributed by atoms with Crippen LogP contribution in [0.5, 0.6) is 0 Å². The standard InChI is InChI=1S/C13H21N3O4/c1-9(12(17)14-6-7-19-2)15-8-10-4-5-11(16-10)13(18)20-3/h4-5,9,15-16H,6-8H2,1-3H3,(H,14,17). The van der Waals surface area contributed by atoms with Crippen molar-refractivity contribution < 1.29 is 19.1 Å². The van der Waals surface area contributed by atoms with Gasteiger partial charge in [-0.25, -0.2) is 4.79 Å². The second-order valence-electron chi connectivity index (χ2n) is 4.28. The maximum Gasteiger partial charge on any atom is 0.354 e. The SMILES string of the molecule is COCCNC(=O)C(C)NCc1ccc(C(=O)OC)[nH]1. The molecule has 1 rings (SSSR count). The van der Waals surface area contributed by atoms with E-state index >= 15 is 0 Å². The van der Waals surface area contributed by atoms with Gasteiger partial charge < -0.3 is 25.1 Å². The summed E-state index contributed by atoms with van der Waals surface area (Å²) < 4.78 is 9.45. The smallest absolute Gasteiger partial charge is 0.354 e. The summed E-state index contributed by atoms with van der Waals surface area (Å²) in [4.78, 5) is 25.9. The number of esters is 1. The van der Waals surface area contributed by atoms with E-state index in [0.29, 0.717) is 25.4 Å². The molecule has 0 bridgehead atoms. The topological polar surface area (TPSA) is 92.5 Å². The first-order valence-corrected chi connectivity index (χ1v) is 6.34. The molecule has 0 aromatic carbocycles. The van der Waals surface area contributed by atoms with Gasteiger partial charge in [0.2, 0.25) is 5.91 Å². The highest BCUT2D eigenvalue weighted by Crippen LogP contribution is 2.03. The van der Waals surface area contributed by atoms with Gasteiger partial charge in [-0.3, -0.25) is 4.79 Å². The molecule has 1 aromatic heterocycles. The van der Waals surface area contributed by atoms with Crippen LogP contribution in [0.2, 0.25) is 0 Å². The molecule has 0 aliphatic carbocycles. The normalized spacial score (nSPS) is 11.9. The van der Waals surface area contributed by atoms with Crippen LogP contribution >= 0.6 is 0 Å². The average Bonchev–Trinajstić information content (AvgIpc) is 2.92. The van der Waals surface area contributed by atoms with E-state index in [2.05, 4.69) is 20.4 Å². The van der Waals surface area contributed by atoms with Crippen molar-refractivity contribution in [3.63, 3.8) is 0 Å². The van der Waals surface area contributed by atoms with Crippen molar-refractivity contribution in [2.24, 2.45) is 0 Å². The number of carbonyl (C=O) groups is 2. The molecule has 3 N–H and O–H groups in total. The van der Waals surface area contributed by atoms with Crippen LogP contribution in [0, 0.1) is 0 Å². The first kappa shape index (κ1) is 16.2. The second-order valence-corrected chi connectivity index (χ2v) is 4.28. The molecule has 0 aliphatic rings. The highest BCUT2D eigenvalue weighted by Gasteiger charge is 2.12. The van der Waals surface area contributed by atoms with Crippen LogP contribution in [-0.4, -0.2) is 50.3 Å². The van der Waals surface area contributed by atoms with Gasteiger partial charge >= 0.3 is 5.97 Å². The molecule has 1 atom stereocenters. The molecule has 1 heterocycles. The lowest BCUT2D eigenvalue weighted by atomic mass is 10.3. The Morgan fingerprint density at radius 2 is 2.10 bits per heavy atom. The van der Waals surface area contributed by atoms with Crippen LogP contribution in [0.15, 0.2) is 12.1 Å². The lowest BCUT2D eigenvalue weighted by Crippen LogP contribution is -2.42. The Bertz CT molecular complexity index is 445. The Kier molecular flexibility index (Phi) is 6.75. The molecule has 7 heteroatoms. The second kappa shape index (κ2) is 8.34. The Balaban J connectivity index is 2.36. The van der Waals surface area contributed by atoms with Crippen molar-refractivity contribution in [2.45, 2.75) is 19.5 Å². The van der Waals surface area contributed by atoms with Crippen LogP contribution in [0.1, 0.15) is 23.1 Å². The number of carbonyl (C=O) groups excluding carboxylic acids is 2. The van der Waals surface area contributed by atoms with Crippen LogP contribution in [-0.2, 0) is 20.8 Å². The van der Waals surface area contributed by atoms with Crippen molar-refractivity contribution in [1.29, 1.82) is 0 Å². The summed E-state index contributed by atoms with van der Waals surface area (Å²) in [5, 5.41) is 5.80. The van der Waals surface area contributed by atoms with E-state index in [1.54, 1.807) is 26.2 Å². The van der Waals surface area contributed by atoms with Gasteiger partial charge in [0.15, 0.2) is 0 Å². The number of rotatable bonds is 8. The van der Waals surface area contributed by atoms with Gasteiger partial charge in [0.25, 0.3) is 0 Å². The molecule has 1 unspecified atom stereocenters. The molecule has 0 radical (unpaired) electrons. The zero-order valence-corrected chi connectivity index (χ0v) is 12.0. The van der Waals surface area contributed by atoms with E-state index < -0.39 is 5.97 Å². The summed E-state index contributed by atoms with van der Waals surface area (Å²) in [6.45, 7) is 3.19. The van der Waals surface area contributed by atoms with E-state index in [1.165, 1.54) is 7.11 Å². The molecular weight excluding hydrogens is 262 g/mol. The Labute approximate surface area is 118 Å². The van der Waals surface area contributed by atoms with Gasteiger partial charge in [0.05, 0.1) is 19.8 Å². The number of aromatic nitrogens is 1. The molecule has 0 saturated heterocycles. The minimum absolute atomic E-state index is 0.0956. The number of ether oxygens (including phenoxy) is 2. The highest BCUT2D eigenvalue weighted by atomic mass is 16.5. The first-order valence-electron chi connectivity index (χ1n) is 6.34. The summed E-state index contributed by atoms with van der Waals surface area (Å²) in [5.41, 5.74) is 1.20. The zero-order valence-electron chi connectivity index (χ0n) is 12.0. The third-order valence-electron chi connectivity index (χ3n) is 2.75. The number of H-pyrrole nitrogens is 1. The van der Waals surface area contributed by atoms with Gasteiger partial charge in [-0.1, -0.05) is 0 Å². The fourth-order valence-corrected chi connectivity index (χ4v) is 1.56. The largest absolute Gasteiger partial charge is 0.464 e. The summed E-state index contributed by atoms with van der Waals surface area (Å²) >= 11 is 0. The van der Waals surface area contributed by atoms with Gasteiger partial charge in [0, 0.05) is 25.9 Å². The third-order valence-corrected chi connectivity index (χ3v) is 2.75.